The molecule has 134 valence electrons. The third-order valence-corrected chi connectivity index (χ3v) is 6.85. The van der Waals surface area contributed by atoms with E-state index in [0.717, 1.165) is 46.8 Å². The number of nitrogens with two attached hydrogens (primary N) is 1. The quantitative estimate of drug-likeness (QED) is 0.846. The van der Waals surface area contributed by atoms with Gasteiger partial charge in [-0.05, 0) is 42.9 Å². The molecule has 0 fully saturated rings. The van der Waals surface area contributed by atoms with Gasteiger partial charge in [0, 0.05) is 10.9 Å². The number of thiophene rings is 1. The van der Waals surface area contributed by atoms with Crippen molar-refractivity contribution in [2.75, 3.05) is 4.72 Å². The molecular formula is C16H16F2N2O3S2. The minimum atomic E-state index is -4.32. The Morgan fingerprint density at radius 1 is 1.36 bits per heavy atom. The van der Waals surface area contributed by atoms with E-state index in [-0.39, 0.29) is 10.6 Å². The van der Waals surface area contributed by atoms with Gasteiger partial charge in [-0.1, -0.05) is 6.92 Å². The van der Waals surface area contributed by atoms with Crippen molar-refractivity contribution in [3.63, 3.8) is 0 Å². The number of hydrogen-bond acceptors (Lipinski definition) is 4. The Bertz CT molecular complexity index is 955. The molecule has 25 heavy (non-hydrogen) atoms. The molecule has 0 bridgehead atoms. The summed E-state index contributed by atoms with van der Waals surface area (Å²) < 4.78 is 54.0. The summed E-state index contributed by atoms with van der Waals surface area (Å²) in [6.07, 6.45) is 2.24. The third kappa shape index (κ3) is 3.38. The van der Waals surface area contributed by atoms with Gasteiger partial charge in [-0.25, -0.2) is 17.2 Å². The standard InChI is InChI=1S/C16H16F2N2O3S2/c1-8-2-4-10-12(6-8)24-16(14(10)15(19)21)20-25(22,23)13-5-3-9(17)7-11(13)18/h3,5,7-8,20H,2,4,6H2,1H3,(H2,19,21)/t8-/m1/s1. The Hall–Kier alpha value is -2.00. The molecule has 5 nitrogen and oxygen atoms in total. The highest BCUT2D eigenvalue weighted by Crippen LogP contribution is 2.40. The first kappa shape index (κ1) is 17.8. The van der Waals surface area contributed by atoms with Gasteiger partial charge in [0.15, 0.2) is 0 Å². The number of sulfonamides is 1. The molecule has 3 N–H and O–H groups in total. The summed E-state index contributed by atoms with van der Waals surface area (Å²) in [4.78, 5) is 12.1. The van der Waals surface area contributed by atoms with Gasteiger partial charge in [-0.3, -0.25) is 9.52 Å². The molecule has 1 aliphatic rings. The van der Waals surface area contributed by atoms with Gasteiger partial charge in [-0.2, -0.15) is 0 Å². The molecule has 1 aliphatic carbocycles. The van der Waals surface area contributed by atoms with Gasteiger partial charge in [0.05, 0.1) is 5.56 Å². The van der Waals surface area contributed by atoms with Crippen LogP contribution in [0.15, 0.2) is 23.1 Å². The number of anilines is 1. The molecular weight excluding hydrogens is 370 g/mol. The topological polar surface area (TPSA) is 89.3 Å². The minimum Gasteiger partial charge on any atom is -0.365 e. The smallest absolute Gasteiger partial charge is 0.265 e. The number of carbonyl (C=O) groups excluding carboxylic acids is 1. The van der Waals surface area contributed by atoms with Crippen LogP contribution in [0.25, 0.3) is 0 Å². The second-order valence-electron chi connectivity index (χ2n) is 6.10. The van der Waals surface area contributed by atoms with E-state index in [4.69, 9.17) is 5.73 Å². The Balaban J connectivity index is 2.04. The molecule has 1 aromatic carbocycles. The minimum absolute atomic E-state index is 0.0790. The van der Waals surface area contributed by atoms with Crippen LogP contribution in [0.4, 0.5) is 13.8 Å². The lowest BCUT2D eigenvalue weighted by Gasteiger charge is -2.18. The van der Waals surface area contributed by atoms with Gasteiger partial charge in [0.2, 0.25) is 0 Å². The van der Waals surface area contributed by atoms with Gasteiger partial charge in [-0.15, -0.1) is 11.3 Å². The van der Waals surface area contributed by atoms with Crippen LogP contribution < -0.4 is 10.5 Å². The van der Waals surface area contributed by atoms with Gasteiger partial charge in [0.25, 0.3) is 15.9 Å². The summed E-state index contributed by atoms with van der Waals surface area (Å²) in [5.41, 5.74) is 6.33. The van der Waals surface area contributed by atoms with Crippen LogP contribution in [0.3, 0.4) is 0 Å². The average molecular weight is 386 g/mol. The van der Waals surface area contributed by atoms with Crippen LogP contribution in [0.5, 0.6) is 0 Å². The molecule has 0 saturated heterocycles. The predicted molar refractivity (Wildman–Crippen MR) is 91.2 cm³/mol. The molecule has 1 amide bonds. The number of nitrogens with one attached hydrogen (secondary N) is 1. The normalized spacial score (nSPS) is 17.2. The maximum absolute atomic E-state index is 13.8. The van der Waals surface area contributed by atoms with Crippen molar-refractivity contribution < 1.29 is 22.0 Å². The van der Waals surface area contributed by atoms with Crippen molar-refractivity contribution in [3.05, 3.63) is 45.8 Å². The summed E-state index contributed by atoms with van der Waals surface area (Å²) in [6.45, 7) is 2.07. The first-order valence-corrected chi connectivity index (χ1v) is 9.91. The molecule has 3 rings (SSSR count). The van der Waals surface area contributed by atoms with Crippen LogP contribution >= 0.6 is 11.3 Å². The largest absolute Gasteiger partial charge is 0.365 e. The van der Waals surface area contributed by atoms with Crippen LogP contribution in [-0.2, 0) is 22.9 Å². The van der Waals surface area contributed by atoms with E-state index in [9.17, 15) is 22.0 Å². The lowest BCUT2D eigenvalue weighted by atomic mass is 9.88. The zero-order valence-corrected chi connectivity index (χ0v) is 14.9. The molecule has 9 heteroatoms. The molecule has 1 aromatic heterocycles. The number of hydrogen-bond donors (Lipinski definition) is 2. The fourth-order valence-electron chi connectivity index (χ4n) is 2.95. The highest BCUT2D eigenvalue weighted by Gasteiger charge is 2.29. The van der Waals surface area contributed by atoms with E-state index >= 15 is 0 Å². The number of fused-ring (bicyclic) bond motifs is 1. The Labute approximate surface area is 147 Å². The van der Waals surface area contributed by atoms with Crippen molar-refractivity contribution in [1.82, 2.24) is 0 Å². The van der Waals surface area contributed by atoms with Gasteiger partial charge < -0.3 is 5.73 Å². The molecule has 0 unspecified atom stereocenters. The number of carbonyl (C=O) groups is 1. The first-order valence-electron chi connectivity index (χ1n) is 7.61. The van der Waals surface area contributed by atoms with Gasteiger partial charge >= 0.3 is 0 Å². The average Bonchev–Trinajstić information content (AvgIpc) is 2.82. The summed E-state index contributed by atoms with van der Waals surface area (Å²) in [5.74, 6) is -2.40. The number of rotatable bonds is 4. The Morgan fingerprint density at radius 2 is 2.08 bits per heavy atom. The Kier molecular flexibility index (Phi) is 4.54. The fourth-order valence-corrected chi connectivity index (χ4v) is 5.74. The van der Waals surface area contributed by atoms with Crippen LogP contribution in [0, 0.1) is 17.6 Å². The van der Waals surface area contributed by atoms with Crippen molar-refractivity contribution in [1.29, 1.82) is 0 Å². The molecule has 0 radical (unpaired) electrons. The third-order valence-electron chi connectivity index (χ3n) is 4.17. The number of amides is 1. The van der Waals surface area contributed by atoms with E-state index in [0.29, 0.717) is 18.4 Å². The monoisotopic (exact) mass is 386 g/mol. The van der Waals surface area contributed by atoms with Crippen molar-refractivity contribution in [2.24, 2.45) is 11.7 Å². The Morgan fingerprint density at radius 3 is 2.72 bits per heavy atom. The van der Waals surface area contributed by atoms with Crippen LogP contribution in [0.1, 0.15) is 34.1 Å². The molecule has 2 aromatic rings. The zero-order chi connectivity index (χ0) is 18.4. The van der Waals surface area contributed by atoms with Crippen molar-refractivity contribution in [2.45, 2.75) is 31.1 Å². The summed E-state index contributed by atoms with van der Waals surface area (Å²) in [7, 11) is -4.32. The number of benzene rings is 1. The first-order chi connectivity index (χ1) is 11.7. The van der Waals surface area contributed by atoms with Crippen molar-refractivity contribution >= 4 is 32.3 Å². The van der Waals surface area contributed by atoms with Crippen molar-refractivity contribution in [3.8, 4) is 0 Å². The second kappa shape index (κ2) is 6.38. The molecule has 1 heterocycles. The van der Waals surface area contributed by atoms with Crippen LogP contribution in [-0.4, -0.2) is 14.3 Å². The number of primary amides is 1. The summed E-state index contributed by atoms with van der Waals surface area (Å²) in [5, 5.41) is 0.0790. The van der Waals surface area contributed by atoms with E-state index in [2.05, 4.69) is 11.6 Å². The maximum Gasteiger partial charge on any atom is 0.265 e. The number of halogens is 2. The SMILES string of the molecule is C[C@@H]1CCc2c(sc(NS(=O)(=O)c3ccc(F)cc3F)c2C(N)=O)C1. The molecule has 0 spiro atoms. The van der Waals surface area contributed by atoms with Gasteiger partial charge in [0.1, 0.15) is 21.5 Å². The highest BCUT2D eigenvalue weighted by atomic mass is 32.2. The zero-order valence-electron chi connectivity index (χ0n) is 13.3. The van der Waals surface area contributed by atoms with E-state index in [1.807, 2.05) is 0 Å². The highest BCUT2D eigenvalue weighted by molar-refractivity contribution is 7.93. The summed E-state index contributed by atoms with van der Waals surface area (Å²) in [6, 6.07) is 2.19. The lowest BCUT2D eigenvalue weighted by molar-refractivity contribution is 0.100. The molecule has 0 aliphatic heterocycles. The second-order valence-corrected chi connectivity index (χ2v) is 8.86. The maximum atomic E-state index is 13.8. The van der Waals surface area contributed by atoms with E-state index in [1.165, 1.54) is 0 Å². The van der Waals surface area contributed by atoms with Crippen LogP contribution in [0.2, 0.25) is 0 Å². The fraction of sp³-hybridized carbons (Fsp3) is 0.312. The van der Waals surface area contributed by atoms with E-state index < -0.39 is 32.5 Å². The molecule has 1 atom stereocenters. The van der Waals surface area contributed by atoms with E-state index in [1.54, 1.807) is 0 Å². The predicted octanol–water partition coefficient (Wildman–Crippen LogP) is 3.05. The summed E-state index contributed by atoms with van der Waals surface area (Å²) >= 11 is 1.14. The lowest BCUT2D eigenvalue weighted by Crippen LogP contribution is -2.20. The molecule has 0 saturated carbocycles.